The molecule has 0 amide bonds. The first-order valence-electron chi connectivity index (χ1n) is 5.39. The minimum Gasteiger partial charge on any atom is -0.497 e. The highest BCUT2D eigenvalue weighted by atomic mass is 16.7. The van der Waals surface area contributed by atoms with Crippen molar-refractivity contribution < 1.29 is 14.2 Å². The molecule has 0 bridgehead atoms. The summed E-state index contributed by atoms with van der Waals surface area (Å²) in [5.74, 6) is 1.55. The topological polar surface area (TPSA) is 53.7 Å². The lowest BCUT2D eigenvalue weighted by Crippen LogP contribution is -2.08. The average Bonchev–Trinajstić information content (AvgIpc) is 2.31. The predicted octanol–water partition coefficient (Wildman–Crippen LogP) is 1.57. The monoisotopic (exact) mass is 225 g/mol. The van der Waals surface area contributed by atoms with Gasteiger partial charge < -0.3 is 19.9 Å². The zero-order valence-electron chi connectivity index (χ0n) is 9.86. The van der Waals surface area contributed by atoms with E-state index in [-0.39, 0.29) is 6.79 Å². The number of hydrogen-bond donors (Lipinski definition) is 1. The fourth-order valence-corrected chi connectivity index (χ4v) is 1.35. The number of ether oxygens (including phenoxy) is 3. The van der Waals surface area contributed by atoms with Crippen molar-refractivity contribution in [2.45, 2.75) is 13.3 Å². The molecule has 1 rings (SSSR count). The molecule has 0 aromatic heterocycles. The predicted molar refractivity (Wildman–Crippen MR) is 62.9 cm³/mol. The lowest BCUT2D eigenvalue weighted by molar-refractivity contribution is 0.0217. The van der Waals surface area contributed by atoms with E-state index < -0.39 is 0 Å². The summed E-state index contributed by atoms with van der Waals surface area (Å²) in [4.78, 5) is 0. The van der Waals surface area contributed by atoms with Crippen LogP contribution < -0.4 is 15.2 Å². The third-order valence-electron chi connectivity index (χ3n) is 2.19. The molecule has 0 spiro atoms. The van der Waals surface area contributed by atoms with E-state index in [1.165, 1.54) is 0 Å². The van der Waals surface area contributed by atoms with Crippen molar-refractivity contribution in [1.29, 1.82) is 0 Å². The third kappa shape index (κ3) is 3.72. The molecule has 0 aliphatic carbocycles. The highest BCUT2D eigenvalue weighted by molar-refractivity contribution is 5.40. The van der Waals surface area contributed by atoms with Crippen LogP contribution in [-0.2, 0) is 11.2 Å². The fourth-order valence-electron chi connectivity index (χ4n) is 1.35. The third-order valence-corrected chi connectivity index (χ3v) is 2.19. The van der Waals surface area contributed by atoms with E-state index in [1.807, 2.05) is 25.1 Å². The van der Waals surface area contributed by atoms with Crippen LogP contribution in [0.1, 0.15) is 12.5 Å². The quantitative estimate of drug-likeness (QED) is 0.565. The molecule has 0 saturated heterocycles. The van der Waals surface area contributed by atoms with Gasteiger partial charge in [0.05, 0.1) is 7.11 Å². The van der Waals surface area contributed by atoms with Gasteiger partial charge in [0.25, 0.3) is 0 Å². The van der Waals surface area contributed by atoms with Crippen molar-refractivity contribution in [2.75, 3.05) is 27.1 Å². The van der Waals surface area contributed by atoms with Gasteiger partial charge in [-0.3, -0.25) is 0 Å². The average molecular weight is 225 g/mol. The number of nitrogens with two attached hydrogens (primary N) is 1. The van der Waals surface area contributed by atoms with Gasteiger partial charge in [-0.25, -0.2) is 0 Å². The van der Waals surface area contributed by atoms with Crippen LogP contribution in [0.3, 0.4) is 0 Å². The standard InChI is InChI=1S/C12H19NO3/c1-3-15-9-16-12-8-11(14-2)5-4-10(12)6-7-13/h4-5,8H,3,6-7,9,13H2,1-2H3. The highest BCUT2D eigenvalue weighted by Crippen LogP contribution is 2.25. The Kier molecular flexibility index (Phi) is 5.67. The van der Waals surface area contributed by atoms with Gasteiger partial charge in [-0.1, -0.05) is 6.07 Å². The molecule has 0 radical (unpaired) electrons. The lowest BCUT2D eigenvalue weighted by atomic mass is 10.1. The van der Waals surface area contributed by atoms with Crippen LogP contribution >= 0.6 is 0 Å². The molecule has 0 saturated carbocycles. The molecule has 90 valence electrons. The molecule has 4 heteroatoms. The Balaban J connectivity index is 2.74. The van der Waals surface area contributed by atoms with E-state index in [0.717, 1.165) is 23.5 Å². The van der Waals surface area contributed by atoms with Crippen LogP contribution in [-0.4, -0.2) is 27.1 Å². The maximum absolute atomic E-state index is 5.54. The smallest absolute Gasteiger partial charge is 0.189 e. The van der Waals surface area contributed by atoms with Crippen LogP contribution in [0, 0.1) is 0 Å². The van der Waals surface area contributed by atoms with Crippen LogP contribution in [0.5, 0.6) is 11.5 Å². The summed E-state index contributed by atoms with van der Waals surface area (Å²) in [5, 5.41) is 0. The highest BCUT2D eigenvalue weighted by Gasteiger charge is 2.05. The Morgan fingerprint density at radius 3 is 2.75 bits per heavy atom. The van der Waals surface area contributed by atoms with Crippen molar-refractivity contribution in [3.8, 4) is 11.5 Å². The second-order valence-corrected chi connectivity index (χ2v) is 3.27. The van der Waals surface area contributed by atoms with Gasteiger partial charge in [0.1, 0.15) is 11.5 Å². The van der Waals surface area contributed by atoms with Crippen molar-refractivity contribution >= 4 is 0 Å². The van der Waals surface area contributed by atoms with Crippen LogP contribution in [0.2, 0.25) is 0 Å². The number of rotatable bonds is 7. The van der Waals surface area contributed by atoms with Crippen molar-refractivity contribution in [2.24, 2.45) is 5.73 Å². The van der Waals surface area contributed by atoms with Gasteiger partial charge >= 0.3 is 0 Å². The summed E-state index contributed by atoms with van der Waals surface area (Å²) >= 11 is 0. The van der Waals surface area contributed by atoms with E-state index in [0.29, 0.717) is 13.2 Å². The van der Waals surface area contributed by atoms with Gasteiger partial charge in [0.15, 0.2) is 6.79 Å². The van der Waals surface area contributed by atoms with E-state index in [2.05, 4.69) is 0 Å². The number of benzene rings is 1. The molecular formula is C12H19NO3. The van der Waals surface area contributed by atoms with Gasteiger partial charge in [-0.2, -0.15) is 0 Å². The zero-order chi connectivity index (χ0) is 11.8. The SMILES string of the molecule is CCOCOc1cc(OC)ccc1CCN. The Morgan fingerprint density at radius 1 is 1.31 bits per heavy atom. The number of hydrogen-bond acceptors (Lipinski definition) is 4. The largest absolute Gasteiger partial charge is 0.497 e. The molecule has 1 aromatic rings. The first-order chi connectivity index (χ1) is 7.81. The molecule has 0 atom stereocenters. The maximum atomic E-state index is 5.54. The second kappa shape index (κ2) is 7.09. The van der Waals surface area contributed by atoms with Crippen LogP contribution in [0.4, 0.5) is 0 Å². The molecule has 2 N–H and O–H groups in total. The van der Waals surface area contributed by atoms with Crippen molar-refractivity contribution in [3.63, 3.8) is 0 Å². The van der Waals surface area contributed by atoms with E-state index in [9.17, 15) is 0 Å². The molecule has 0 unspecified atom stereocenters. The Labute approximate surface area is 96.3 Å². The van der Waals surface area contributed by atoms with Gasteiger partial charge in [-0.15, -0.1) is 0 Å². The Hall–Kier alpha value is -1.26. The molecule has 0 fully saturated rings. The Bertz CT molecular complexity index is 315. The van der Waals surface area contributed by atoms with Crippen molar-refractivity contribution in [1.82, 2.24) is 0 Å². The Morgan fingerprint density at radius 2 is 2.12 bits per heavy atom. The maximum Gasteiger partial charge on any atom is 0.189 e. The summed E-state index contributed by atoms with van der Waals surface area (Å²) in [6.45, 7) is 3.41. The normalized spacial score (nSPS) is 10.2. The van der Waals surface area contributed by atoms with E-state index >= 15 is 0 Å². The fraction of sp³-hybridized carbons (Fsp3) is 0.500. The van der Waals surface area contributed by atoms with Crippen LogP contribution in [0.15, 0.2) is 18.2 Å². The summed E-state index contributed by atoms with van der Waals surface area (Å²) in [5.41, 5.74) is 6.61. The van der Waals surface area contributed by atoms with Gasteiger partial charge in [0, 0.05) is 12.7 Å². The molecule has 4 nitrogen and oxygen atoms in total. The van der Waals surface area contributed by atoms with E-state index in [4.69, 9.17) is 19.9 Å². The van der Waals surface area contributed by atoms with E-state index in [1.54, 1.807) is 7.11 Å². The molecule has 16 heavy (non-hydrogen) atoms. The summed E-state index contributed by atoms with van der Waals surface area (Å²) in [6, 6.07) is 5.72. The minimum absolute atomic E-state index is 0.251. The summed E-state index contributed by atoms with van der Waals surface area (Å²) < 4.78 is 15.8. The lowest BCUT2D eigenvalue weighted by Gasteiger charge is -2.12. The molecule has 0 aliphatic rings. The number of methoxy groups -OCH3 is 1. The van der Waals surface area contributed by atoms with Gasteiger partial charge in [0.2, 0.25) is 0 Å². The van der Waals surface area contributed by atoms with Crippen molar-refractivity contribution in [3.05, 3.63) is 23.8 Å². The first-order valence-corrected chi connectivity index (χ1v) is 5.39. The summed E-state index contributed by atoms with van der Waals surface area (Å²) in [6.07, 6.45) is 0.783. The molecule has 1 aromatic carbocycles. The molecular weight excluding hydrogens is 206 g/mol. The zero-order valence-corrected chi connectivity index (χ0v) is 9.86. The first kappa shape index (κ1) is 12.8. The minimum atomic E-state index is 0.251. The van der Waals surface area contributed by atoms with Crippen LogP contribution in [0.25, 0.3) is 0 Å². The summed E-state index contributed by atoms with van der Waals surface area (Å²) in [7, 11) is 1.63. The van der Waals surface area contributed by atoms with Gasteiger partial charge in [-0.05, 0) is 31.5 Å². The molecule has 0 heterocycles. The molecule has 0 aliphatic heterocycles. The second-order valence-electron chi connectivity index (χ2n) is 3.27.